The van der Waals surface area contributed by atoms with Gasteiger partial charge in [0.1, 0.15) is 5.75 Å². The van der Waals surface area contributed by atoms with E-state index in [2.05, 4.69) is 4.74 Å². The van der Waals surface area contributed by atoms with Crippen molar-refractivity contribution in [3.05, 3.63) is 29.8 Å². The highest BCUT2D eigenvalue weighted by atomic mass is 19.3. The molecule has 1 aromatic carbocycles. The second kappa shape index (κ2) is 6.75. The first-order valence-corrected chi connectivity index (χ1v) is 4.44. The van der Waals surface area contributed by atoms with Crippen LogP contribution in [-0.4, -0.2) is 12.5 Å². The van der Waals surface area contributed by atoms with Gasteiger partial charge in [0.05, 0.1) is 0 Å². The molecule has 0 bridgehead atoms. The van der Waals surface area contributed by atoms with E-state index in [9.17, 15) is 13.6 Å². The predicted octanol–water partition coefficient (Wildman–Crippen LogP) is 2.66. The Morgan fingerprint density at radius 3 is 2.53 bits per heavy atom. The van der Waals surface area contributed by atoms with Gasteiger partial charge in [0.25, 0.3) is 0 Å². The number of alkyl halides is 2. The summed E-state index contributed by atoms with van der Waals surface area (Å²) < 4.78 is 27.5. The van der Waals surface area contributed by atoms with Gasteiger partial charge in [-0.1, -0.05) is 19.9 Å². The summed E-state index contributed by atoms with van der Waals surface area (Å²) in [4.78, 5) is 10.6. The van der Waals surface area contributed by atoms with Crippen molar-refractivity contribution in [3.8, 4) is 5.75 Å². The lowest BCUT2D eigenvalue weighted by atomic mass is 10.2. The van der Waals surface area contributed by atoms with Crippen LogP contribution in [0.1, 0.15) is 25.6 Å². The smallest absolute Gasteiger partial charge is 0.387 e. The van der Waals surface area contributed by atoms with E-state index >= 15 is 0 Å². The highest BCUT2D eigenvalue weighted by molar-refractivity contribution is 5.93. The summed E-state index contributed by atoms with van der Waals surface area (Å²) in [6, 6.07) is 5.31. The molecular weight excluding hydrogens is 204 g/mol. The average molecular weight is 219 g/mol. The molecule has 3 nitrogen and oxygen atoms in total. The molecule has 1 rings (SSSR count). The molecule has 0 aliphatic rings. The van der Waals surface area contributed by atoms with Gasteiger partial charge in [0.15, 0.2) is 0 Å². The number of hydrogen-bond donors (Lipinski definition) is 1. The second-order valence-corrected chi connectivity index (χ2v) is 2.27. The number of benzene rings is 1. The van der Waals surface area contributed by atoms with Crippen LogP contribution >= 0.6 is 0 Å². The Labute approximate surface area is 88.3 Å². The monoisotopic (exact) mass is 219 g/mol. The number of amides is 1. The van der Waals surface area contributed by atoms with Gasteiger partial charge in [0.2, 0.25) is 5.91 Å². The standard InChI is InChI=1S/C8H7F2NO2.C2H6.H2/c9-8(10)13-6-3-1-2-5(4-6)7(11)12;1-2;/h1-4,8H,(H2,11,12);1-2H3;1H. The van der Waals surface area contributed by atoms with Crippen LogP contribution in [0.2, 0.25) is 0 Å². The molecule has 0 atom stereocenters. The van der Waals surface area contributed by atoms with E-state index in [1.165, 1.54) is 18.2 Å². The van der Waals surface area contributed by atoms with E-state index in [1.807, 2.05) is 13.8 Å². The van der Waals surface area contributed by atoms with E-state index in [0.717, 1.165) is 6.07 Å². The maximum absolute atomic E-state index is 11.7. The summed E-state index contributed by atoms with van der Waals surface area (Å²) in [5.74, 6) is -0.758. The first-order valence-electron chi connectivity index (χ1n) is 4.44. The van der Waals surface area contributed by atoms with Gasteiger partial charge in [-0.2, -0.15) is 8.78 Å². The Balaban J connectivity index is 0. The molecule has 0 saturated heterocycles. The molecule has 0 unspecified atom stereocenters. The molecule has 5 heteroatoms. The predicted molar refractivity (Wildman–Crippen MR) is 55.1 cm³/mol. The molecule has 86 valence electrons. The van der Waals surface area contributed by atoms with Crippen LogP contribution < -0.4 is 10.5 Å². The summed E-state index contributed by atoms with van der Waals surface area (Å²) in [5.41, 5.74) is 5.07. The summed E-state index contributed by atoms with van der Waals surface area (Å²) in [6.45, 7) is 1.10. The van der Waals surface area contributed by atoms with Gasteiger partial charge < -0.3 is 10.5 Å². The fourth-order valence-electron chi connectivity index (χ4n) is 0.826. The molecule has 0 radical (unpaired) electrons. The van der Waals surface area contributed by atoms with Crippen molar-refractivity contribution < 1.29 is 19.7 Å². The van der Waals surface area contributed by atoms with Crippen LogP contribution in [0.3, 0.4) is 0 Å². The molecule has 0 saturated carbocycles. The highest BCUT2D eigenvalue weighted by Gasteiger charge is 2.06. The molecule has 0 aliphatic heterocycles. The fraction of sp³-hybridized carbons (Fsp3) is 0.300. The molecule has 0 spiro atoms. The molecule has 0 fully saturated rings. The topological polar surface area (TPSA) is 52.3 Å². The first-order chi connectivity index (χ1) is 7.09. The lowest BCUT2D eigenvalue weighted by Crippen LogP contribution is -2.11. The molecular formula is C10H15F2NO2. The minimum absolute atomic E-state index is 0. The molecule has 2 N–H and O–H groups in total. The summed E-state index contributed by atoms with van der Waals surface area (Å²) in [6.07, 6.45) is 0. The molecule has 15 heavy (non-hydrogen) atoms. The van der Waals surface area contributed by atoms with Gasteiger partial charge in [0, 0.05) is 6.99 Å². The number of ether oxygens (including phenoxy) is 1. The zero-order valence-corrected chi connectivity index (χ0v) is 8.54. The van der Waals surface area contributed by atoms with Gasteiger partial charge >= 0.3 is 6.61 Å². The van der Waals surface area contributed by atoms with Crippen LogP contribution in [0.25, 0.3) is 0 Å². The maximum atomic E-state index is 11.7. The molecule has 1 aromatic rings. The molecule has 0 aliphatic carbocycles. The van der Waals surface area contributed by atoms with Crippen molar-refractivity contribution in [1.82, 2.24) is 0 Å². The van der Waals surface area contributed by atoms with Crippen molar-refractivity contribution in [2.45, 2.75) is 20.5 Å². The third-order valence-corrected chi connectivity index (χ3v) is 1.34. The highest BCUT2D eigenvalue weighted by Crippen LogP contribution is 2.15. The van der Waals surface area contributed by atoms with Gasteiger partial charge in [-0.3, -0.25) is 4.79 Å². The largest absolute Gasteiger partial charge is 0.435 e. The Morgan fingerprint density at radius 2 is 2.07 bits per heavy atom. The Bertz CT molecular complexity index is 321. The van der Waals surface area contributed by atoms with Gasteiger partial charge in [-0.25, -0.2) is 0 Å². The number of hydrogen-bond acceptors (Lipinski definition) is 2. The number of halogens is 2. The van der Waals surface area contributed by atoms with E-state index in [4.69, 9.17) is 5.73 Å². The van der Waals surface area contributed by atoms with E-state index in [1.54, 1.807) is 0 Å². The van der Waals surface area contributed by atoms with Crippen LogP contribution in [0, 0.1) is 0 Å². The first kappa shape index (κ1) is 13.4. The number of carbonyl (C=O) groups is 1. The lowest BCUT2D eigenvalue weighted by molar-refractivity contribution is -0.0498. The minimum Gasteiger partial charge on any atom is -0.435 e. The van der Waals surface area contributed by atoms with E-state index < -0.39 is 12.5 Å². The van der Waals surface area contributed by atoms with Crippen LogP contribution in [0.4, 0.5) is 8.78 Å². The Morgan fingerprint density at radius 1 is 1.47 bits per heavy atom. The summed E-state index contributed by atoms with van der Waals surface area (Å²) in [7, 11) is 0. The molecule has 1 amide bonds. The van der Waals surface area contributed by atoms with Crippen LogP contribution in [0.5, 0.6) is 5.75 Å². The van der Waals surface area contributed by atoms with Crippen LogP contribution in [0.15, 0.2) is 24.3 Å². The third-order valence-electron chi connectivity index (χ3n) is 1.34. The Hall–Kier alpha value is -1.65. The van der Waals surface area contributed by atoms with Crippen molar-refractivity contribution in [1.29, 1.82) is 0 Å². The summed E-state index contributed by atoms with van der Waals surface area (Å²) in [5, 5.41) is 0. The Kier molecular flexibility index (Phi) is 6.01. The van der Waals surface area contributed by atoms with E-state index in [0.29, 0.717) is 0 Å². The van der Waals surface area contributed by atoms with E-state index in [-0.39, 0.29) is 12.7 Å². The number of nitrogens with two attached hydrogens (primary N) is 1. The van der Waals surface area contributed by atoms with Gasteiger partial charge in [-0.15, -0.1) is 0 Å². The summed E-state index contributed by atoms with van der Waals surface area (Å²) >= 11 is 0. The zero-order valence-electron chi connectivity index (χ0n) is 8.54. The van der Waals surface area contributed by atoms with Crippen molar-refractivity contribution in [2.24, 2.45) is 5.73 Å². The molecule has 0 aromatic heterocycles. The average Bonchev–Trinajstić information content (AvgIpc) is 2.20. The maximum Gasteiger partial charge on any atom is 0.387 e. The minimum atomic E-state index is -2.90. The van der Waals surface area contributed by atoms with Crippen molar-refractivity contribution in [3.63, 3.8) is 0 Å². The lowest BCUT2D eigenvalue weighted by Gasteiger charge is -2.04. The SMILES string of the molecule is CC.NC(=O)c1cccc(OC(F)F)c1.[HH]. The fourth-order valence-corrected chi connectivity index (χ4v) is 0.826. The second-order valence-electron chi connectivity index (χ2n) is 2.27. The van der Waals surface area contributed by atoms with Crippen molar-refractivity contribution in [2.75, 3.05) is 0 Å². The number of primary amides is 1. The quantitative estimate of drug-likeness (QED) is 0.849. The van der Waals surface area contributed by atoms with Crippen molar-refractivity contribution >= 4 is 5.91 Å². The normalized spacial score (nSPS) is 9.13. The molecule has 0 heterocycles. The zero-order chi connectivity index (χ0) is 11.8. The number of rotatable bonds is 3. The van der Waals surface area contributed by atoms with Gasteiger partial charge in [-0.05, 0) is 18.2 Å². The number of carbonyl (C=O) groups excluding carboxylic acids is 1. The third kappa shape index (κ3) is 4.95. The van der Waals surface area contributed by atoms with Crippen LogP contribution in [-0.2, 0) is 0 Å².